The Labute approximate surface area is 221 Å². The molecule has 0 saturated carbocycles. The van der Waals surface area contributed by atoms with Crippen LogP contribution in [0.25, 0.3) is 0 Å². The van der Waals surface area contributed by atoms with Crippen molar-refractivity contribution in [1.29, 1.82) is 0 Å². The highest BCUT2D eigenvalue weighted by Crippen LogP contribution is 2.51. The number of amides is 1. The van der Waals surface area contributed by atoms with E-state index in [1.807, 2.05) is 0 Å². The Balaban J connectivity index is 1.73. The fourth-order valence-electron chi connectivity index (χ4n) is 4.34. The van der Waals surface area contributed by atoms with Gasteiger partial charge in [-0.3, -0.25) is 9.59 Å². The van der Waals surface area contributed by atoms with E-state index >= 15 is 0 Å². The van der Waals surface area contributed by atoms with Gasteiger partial charge in [-0.05, 0) is 59.2 Å². The van der Waals surface area contributed by atoms with Crippen molar-refractivity contribution in [2.75, 3.05) is 18.6 Å². The van der Waals surface area contributed by atoms with E-state index in [0.29, 0.717) is 5.56 Å². The number of hydrogen-bond acceptors (Lipinski definition) is 5. The molecule has 0 aliphatic carbocycles. The van der Waals surface area contributed by atoms with Crippen molar-refractivity contribution in [2.45, 2.75) is 31.0 Å². The summed E-state index contributed by atoms with van der Waals surface area (Å²) in [6.45, 7) is 0.946. The van der Waals surface area contributed by atoms with Crippen molar-refractivity contribution in [3.63, 3.8) is 0 Å². The SMILES string of the molecule is C[C@@H](c1cc(Oc2cccc(CC(=O)O)c2)ccc1Cl)[C@](O)(c1ccc2c(c1)N(C)C(=O)CO2)C(F)(F)F. The Morgan fingerprint density at radius 1 is 1.13 bits per heavy atom. The van der Waals surface area contributed by atoms with Crippen molar-refractivity contribution < 1.29 is 42.4 Å². The first-order valence-electron chi connectivity index (χ1n) is 11.4. The Kier molecular flexibility index (Phi) is 7.31. The number of hydrogen-bond donors (Lipinski definition) is 2. The Bertz CT molecular complexity index is 1400. The molecule has 11 heteroatoms. The summed E-state index contributed by atoms with van der Waals surface area (Å²) in [5.41, 5.74) is -3.36. The summed E-state index contributed by atoms with van der Waals surface area (Å²) < 4.78 is 54.8. The minimum Gasteiger partial charge on any atom is -0.482 e. The maximum Gasteiger partial charge on any atom is 0.422 e. The third-order valence-electron chi connectivity index (χ3n) is 6.47. The Morgan fingerprint density at radius 2 is 1.84 bits per heavy atom. The second-order valence-corrected chi connectivity index (χ2v) is 9.32. The number of ether oxygens (including phenoxy) is 2. The second-order valence-electron chi connectivity index (χ2n) is 8.91. The first-order valence-corrected chi connectivity index (χ1v) is 11.8. The third-order valence-corrected chi connectivity index (χ3v) is 6.81. The number of carbonyl (C=O) groups excluding carboxylic acids is 1. The summed E-state index contributed by atoms with van der Waals surface area (Å²) in [7, 11) is 1.41. The number of likely N-dealkylation sites (N-methyl/N-ethyl adjacent to an activating group) is 1. The summed E-state index contributed by atoms with van der Waals surface area (Å²) in [5.74, 6) is -2.46. The molecule has 0 bridgehead atoms. The number of benzene rings is 3. The van der Waals surface area contributed by atoms with Crippen LogP contribution in [0.15, 0.2) is 60.7 Å². The molecule has 1 amide bonds. The molecule has 1 aliphatic rings. The lowest BCUT2D eigenvalue weighted by atomic mass is 9.77. The molecule has 2 N–H and O–H groups in total. The molecule has 1 aliphatic heterocycles. The fraction of sp³-hybridized carbons (Fsp3) is 0.259. The van der Waals surface area contributed by atoms with Crippen molar-refractivity contribution >= 4 is 29.2 Å². The van der Waals surface area contributed by atoms with Gasteiger partial charge in [0.05, 0.1) is 12.1 Å². The van der Waals surface area contributed by atoms with Gasteiger partial charge in [-0.15, -0.1) is 0 Å². The van der Waals surface area contributed by atoms with E-state index in [9.17, 15) is 27.9 Å². The van der Waals surface area contributed by atoms with E-state index in [1.165, 1.54) is 49.2 Å². The Morgan fingerprint density at radius 3 is 2.53 bits per heavy atom. The standard InChI is InChI=1S/C27H23ClF3NO6/c1-15(20-13-19(7-8-21(20)28)38-18-5-3-4-16(10-18)11-25(34)35)26(36,27(29,30)31)17-6-9-23-22(12-17)32(2)24(33)14-37-23/h3-10,12-13,15,36H,11,14H2,1-2H3,(H,34,35)/t15-,26-/m0/s1. The largest absolute Gasteiger partial charge is 0.482 e. The predicted octanol–water partition coefficient (Wildman–Crippen LogP) is 5.67. The molecule has 3 aromatic carbocycles. The molecule has 0 radical (unpaired) electrons. The van der Waals surface area contributed by atoms with Gasteiger partial charge in [0.1, 0.15) is 17.2 Å². The summed E-state index contributed by atoms with van der Waals surface area (Å²) in [4.78, 5) is 24.2. The van der Waals surface area contributed by atoms with Crippen LogP contribution in [0.2, 0.25) is 5.02 Å². The average Bonchev–Trinajstić information content (AvgIpc) is 2.85. The molecular formula is C27H23ClF3NO6. The van der Waals surface area contributed by atoms with Crippen LogP contribution in [-0.4, -0.2) is 41.9 Å². The number of rotatable bonds is 7. The van der Waals surface area contributed by atoms with Crippen LogP contribution < -0.4 is 14.4 Å². The minimum atomic E-state index is -5.13. The van der Waals surface area contributed by atoms with Crippen LogP contribution in [0, 0.1) is 0 Å². The van der Waals surface area contributed by atoms with Crippen molar-refractivity contribution in [3.05, 3.63) is 82.4 Å². The highest BCUT2D eigenvalue weighted by atomic mass is 35.5. The van der Waals surface area contributed by atoms with Gasteiger partial charge in [0.25, 0.3) is 5.91 Å². The zero-order chi connectivity index (χ0) is 27.8. The van der Waals surface area contributed by atoms with E-state index in [2.05, 4.69) is 0 Å². The lowest BCUT2D eigenvalue weighted by Crippen LogP contribution is -2.47. The molecule has 38 heavy (non-hydrogen) atoms. The van der Waals surface area contributed by atoms with Gasteiger partial charge in [0.2, 0.25) is 0 Å². The number of fused-ring (bicyclic) bond motifs is 1. The summed E-state index contributed by atoms with van der Waals surface area (Å²) in [6.07, 6.45) is -5.37. The van der Waals surface area contributed by atoms with Crippen LogP contribution >= 0.6 is 11.6 Å². The van der Waals surface area contributed by atoms with E-state index in [0.717, 1.165) is 12.1 Å². The maximum absolute atomic E-state index is 14.6. The topological polar surface area (TPSA) is 96.3 Å². The fourth-order valence-corrected chi connectivity index (χ4v) is 4.62. The van der Waals surface area contributed by atoms with Crippen molar-refractivity contribution in [1.82, 2.24) is 0 Å². The van der Waals surface area contributed by atoms with Gasteiger partial charge in [-0.2, -0.15) is 13.2 Å². The number of aliphatic carboxylic acids is 1. The van der Waals surface area contributed by atoms with E-state index in [4.69, 9.17) is 26.2 Å². The first kappa shape index (κ1) is 27.3. The van der Waals surface area contributed by atoms with Crippen LogP contribution in [-0.2, 0) is 21.6 Å². The number of carboxylic acid groups (broad SMARTS) is 1. The smallest absolute Gasteiger partial charge is 0.422 e. The lowest BCUT2D eigenvalue weighted by Gasteiger charge is -2.38. The number of aliphatic hydroxyl groups is 1. The summed E-state index contributed by atoms with van der Waals surface area (Å²) in [5, 5.41) is 20.3. The summed E-state index contributed by atoms with van der Waals surface area (Å²) in [6, 6.07) is 13.8. The molecule has 200 valence electrons. The van der Waals surface area contributed by atoms with Crippen molar-refractivity contribution in [3.8, 4) is 17.2 Å². The molecule has 0 fully saturated rings. The number of carbonyl (C=O) groups is 2. The summed E-state index contributed by atoms with van der Waals surface area (Å²) >= 11 is 6.31. The van der Waals surface area contributed by atoms with Crippen LogP contribution in [0.5, 0.6) is 17.2 Å². The van der Waals surface area contributed by atoms with Gasteiger partial charge in [-0.1, -0.05) is 36.7 Å². The third kappa shape index (κ3) is 5.14. The highest BCUT2D eigenvalue weighted by Gasteiger charge is 2.59. The molecule has 4 rings (SSSR count). The molecule has 3 aromatic rings. The first-order chi connectivity index (χ1) is 17.8. The molecule has 0 aromatic heterocycles. The van der Waals surface area contributed by atoms with Gasteiger partial charge in [0, 0.05) is 18.0 Å². The number of carboxylic acids is 1. The van der Waals surface area contributed by atoms with Gasteiger partial charge in [0.15, 0.2) is 12.2 Å². The highest BCUT2D eigenvalue weighted by molar-refractivity contribution is 6.31. The number of halogens is 4. The van der Waals surface area contributed by atoms with Crippen molar-refractivity contribution in [2.24, 2.45) is 0 Å². The quantitative estimate of drug-likeness (QED) is 0.394. The normalized spacial score (nSPS) is 15.8. The van der Waals surface area contributed by atoms with Crippen LogP contribution in [0.3, 0.4) is 0 Å². The number of nitrogens with zero attached hydrogens (tertiary/aromatic N) is 1. The molecule has 0 spiro atoms. The van der Waals surface area contributed by atoms with Crippen LogP contribution in [0.4, 0.5) is 18.9 Å². The zero-order valence-electron chi connectivity index (χ0n) is 20.3. The van der Waals surface area contributed by atoms with E-state index in [1.54, 1.807) is 18.2 Å². The molecular weight excluding hydrogens is 527 g/mol. The average molecular weight is 550 g/mol. The number of anilines is 1. The molecule has 7 nitrogen and oxygen atoms in total. The monoisotopic (exact) mass is 549 g/mol. The lowest BCUT2D eigenvalue weighted by molar-refractivity contribution is -0.274. The zero-order valence-corrected chi connectivity index (χ0v) is 21.0. The van der Waals surface area contributed by atoms with Gasteiger partial charge >= 0.3 is 12.1 Å². The van der Waals surface area contributed by atoms with Crippen LogP contribution in [0.1, 0.15) is 29.5 Å². The van der Waals surface area contributed by atoms with E-state index in [-0.39, 0.29) is 46.5 Å². The molecule has 0 saturated heterocycles. The maximum atomic E-state index is 14.6. The second kappa shape index (κ2) is 10.2. The molecule has 2 atom stereocenters. The minimum absolute atomic E-state index is 0.0271. The molecule has 1 heterocycles. The number of alkyl halides is 3. The molecule has 0 unspecified atom stereocenters. The predicted molar refractivity (Wildman–Crippen MR) is 133 cm³/mol. The van der Waals surface area contributed by atoms with E-state index < -0.39 is 35.1 Å². The van der Waals surface area contributed by atoms with Gasteiger partial charge in [-0.25, -0.2) is 0 Å². The van der Waals surface area contributed by atoms with Gasteiger partial charge < -0.3 is 24.6 Å². The Hall–Kier alpha value is -3.76.